The number of pyridine rings is 1. The van der Waals surface area contributed by atoms with E-state index >= 15 is 0 Å². The fourth-order valence-electron chi connectivity index (χ4n) is 4.06. The van der Waals surface area contributed by atoms with Gasteiger partial charge in [0.05, 0.1) is 34.3 Å². The van der Waals surface area contributed by atoms with Gasteiger partial charge in [0.1, 0.15) is 0 Å². The van der Waals surface area contributed by atoms with Gasteiger partial charge in [-0.1, -0.05) is 24.3 Å². The van der Waals surface area contributed by atoms with Gasteiger partial charge in [-0.2, -0.15) is 0 Å². The van der Waals surface area contributed by atoms with Gasteiger partial charge >= 0.3 is 5.97 Å². The smallest absolute Gasteiger partial charge is 0.340 e. The number of hydrogen-bond donors (Lipinski definition) is 1. The normalized spacial score (nSPS) is 15.7. The molecule has 1 heterocycles. The number of anilines is 1. The fraction of sp³-hybridized carbons (Fsp3) is 0.250. The van der Waals surface area contributed by atoms with Gasteiger partial charge in [0.2, 0.25) is 9.84 Å². The van der Waals surface area contributed by atoms with Gasteiger partial charge in [0, 0.05) is 18.7 Å². The van der Waals surface area contributed by atoms with Crippen molar-refractivity contribution >= 4 is 21.5 Å². The summed E-state index contributed by atoms with van der Waals surface area (Å²) in [5.74, 6) is -0.201. The van der Waals surface area contributed by atoms with E-state index in [1.165, 1.54) is 7.11 Å². The molecule has 1 aliphatic rings. The number of nitrogens with one attached hydrogen (secondary N) is 1. The molecule has 0 radical (unpaired) electrons. The Morgan fingerprint density at radius 3 is 2.71 bits per heavy atom. The van der Waals surface area contributed by atoms with Gasteiger partial charge < -0.3 is 10.1 Å². The number of methoxy groups -OCH3 is 1. The molecular formula is C24H24N2O4S. The largest absolute Gasteiger partial charge is 0.465 e. The van der Waals surface area contributed by atoms with Crippen LogP contribution in [0.3, 0.4) is 0 Å². The molecule has 3 aromatic rings. The molecule has 160 valence electrons. The average molecular weight is 437 g/mol. The number of aromatic nitrogens is 1. The third-order valence-corrected chi connectivity index (χ3v) is 7.45. The van der Waals surface area contributed by atoms with E-state index in [-0.39, 0.29) is 5.92 Å². The molecule has 4 rings (SSSR count). The highest BCUT2D eigenvalue weighted by Crippen LogP contribution is 2.34. The molecule has 1 N–H and O–H groups in total. The number of ether oxygens (including phenoxy) is 1. The van der Waals surface area contributed by atoms with Crippen LogP contribution in [-0.4, -0.2) is 33.0 Å². The van der Waals surface area contributed by atoms with Crippen molar-refractivity contribution in [1.29, 1.82) is 0 Å². The number of aryl methyl sites for hydroxylation is 1. The van der Waals surface area contributed by atoms with Crippen molar-refractivity contribution in [3.05, 3.63) is 83.7 Å². The highest BCUT2D eigenvalue weighted by Gasteiger charge is 2.24. The second-order valence-electron chi connectivity index (χ2n) is 7.56. The number of benzene rings is 2. The van der Waals surface area contributed by atoms with Crippen molar-refractivity contribution in [2.75, 3.05) is 19.0 Å². The van der Waals surface area contributed by atoms with Crippen molar-refractivity contribution in [3.63, 3.8) is 0 Å². The van der Waals surface area contributed by atoms with Gasteiger partial charge in [-0.3, -0.25) is 4.98 Å². The third-order valence-electron chi connectivity index (χ3n) is 5.68. The van der Waals surface area contributed by atoms with E-state index in [1.807, 2.05) is 12.1 Å². The Hall–Kier alpha value is -3.19. The predicted molar refractivity (Wildman–Crippen MR) is 118 cm³/mol. The van der Waals surface area contributed by atoms with Gasteiger partial charge in [0.25, 0.3) is 0 Å². The van der Waals surface area contributed by atoms with Crippen molar-refractivity contribution < 1.29 is 17.9 Å². The van der Waals surface area contributed by atoms with Crippen LogP contribution in [0.5, 0.6) is 0 Å². The Labute approximate surface area is 182 Å². The first-order valence-electron chi connectivity index (χ1n) is 10.2. The SMILES string of the molecule is COC(=O)c1ccncc1NC[C@@H]1CCCc2cc(S(=O)(=O)c3ccccc3)ccc21. The first kappa shape index (κ1) is 21.1. The first-order valence-corrected chi connectivity index (χ1v) is 11.7. The minimum Gasteiger partial charge on any atom is -0.465 e. The summed E-state index contributed by atoms with van der Waals surface area (Å²) in [6.45, 7) is 0.619. The lowest BCUT2D eigenvalue weighted by Crippen LogP contribution is -2.20. The number of nitrogens with zero attached hydrogens (tertiary/aromatic N) is 1. The van der Waals surface area contributed by atoms with Crippen LogP contribution in [0.1, 0.15) is 40.2 Å². The lowest BCUT2D eigenvalue weighted by atomic mass is 9.83. The summed E-state index contributed by atoms with van der Waals surface area (Å²) in [5, 5.41) is 3.33. The number of carbonyl (C=O) groups is 1. The molecule has 1 aliphatic carbocycles. The zero-order valence-corrected chi connectivity index (χ0v) is 18.1. The molecule has 6 nitrogen and oxygen atoms in total. The van der Waals surface area contributed by atoms with Crippen LogP contribution in [0.25, 0.3) is 0 Å². The number of carbonyl (C=O) groups excluding carboxylic acids is 1. The van der Waals surface area contributed by atoms with Gasteiger partial charge in [-0.05, 0) is 60.7 Å². The van der Waals surface area contributed by atoms with Crippen LogP contribution in [0, 0.1) is 0 Å². The van der Waals surface area contributed by atoms with Gasteiger partial charge in [-0.15, -0.1) is 0 Å². The van der Waals surface area contributed by atoms with Crippen molar-refractivity contribution in [2.24, 2.45) is 0 Å². The van der Waals surface area contributed by atoms with Crippen molar-refractivity contribution in [3.8, 4) is 0 Å². The van der Waals surface area contributed by atoms with E-state index in [0.29, 0.717) is 27.6 Å². The quantitative estimate of drug-likeness (QED) is 0.582. The maximum absolute atomic E-state index is 13.0. The molecular weight excluding hydrogens is 412 g/mol. The van der Waals surface area contributed by atoms with E-state index in [9.17, 15) is 13.2 Å². The highest BCUT2D eigenvalue weighted by molar-refractivity contribution is 7.91. The van der Waals surface area contributed by atoms with Crippen molar-refractivity contribution in [2.45, 2.75) is 35.0 Å². The fourth-order valence-corrected chi connectivity index (χ4v) is 5.39. The molecule has 0 spiro atoms. The molecule has 0 aliphatic heterocycles. The molecule has 0 amide bonds. The second kappa shape index (κ2) is 8.89. The number of rotatable bonds is 6. The molecule has 1 aromatic heterocycles. The standard InChI is InChI=1S/C24H24N2O4S/c1-30-24(27)22-12-13-25-16-23(22)26-15-18-7-5-6-17-14-20(10-11-21(17)18)31(28,29)19-8-3-2-4-9-19/h2-4,8-14,16,18,26H,5-7,15H2,1H3/t18-/m0/s1. The first-order chi connectivity index (χ1) is 15.0. The van der Waals surface area contributed by atoms with Crippen LogP contribution < -0.4 is 5.32 Å². The molecule has 7 heteroatoms. The number of esters is 1. The molecule has 2 aromatic carbocycles. The van der Waals surface area contributed by atoms with E-state index < -0.39 is 15.8 Å². The Balaban J connectivity index is 1.57. The highest BCUT2D eigenvalue weighted by atomic mass is 32.2. The molecule has 0 saturated heterocycles. The van der Waals surface area contributed by atoms with Gasteiger partial charge in [-0.25, -0.2) is 13.2 Å². The summed E-state index contributed by atoms with van der Waals surface area (Å²) < 4.78 is 30.8. The summed E-state index contributed by atoms with van der Waals surface area (Å²) in [4.78, 5) is 16.7. The van der Waals surface area contributed by atoms with Gasteiger partial charge in [0.15, 0.2) is 0 Å². The monoisotopic (exact) mass is 436 g/mol. The van der Waals surface area contributed by atoms with Crippen molar-refractivity contribution in [1.82, 2.24) is 4.98 Å². The van der Waals surface area contributed by atoms with Crippen LogP contribution in [0.4, 0.5) is 5.69 Å². The topological polar surface area (TPSA) is 85.4 Å². The number of fused-ring (bicyclic) bond motifs is 1. The summed E-state index contributed by atoms with van der Waals surface area (Å²) >= 11 is 0. The average Bonchev–Trinajstić information content (AvgIpc) is 2.82. The maximum Gasteiger partial charge on any atom is 0.340 e. The Morgan fingerprint density at radius 1 is 1.13 bits per heavy atom. The van der Waals surface area contributed by atoms with E-state index in [0.717, 1.165) is 30.4 Å². The zero-order valence-electron chi connectivity index (χ0n) is 17.2. The Morgan fingerprint density at radius 2 is 1.94 bits per heavy atom. The summed E-state index contributed by atoms with van der Waals surface area (Å²) in [5.41, 5.74) is 3.28. The number of sulfone groups is 1. The van der Waals surface area contributed by atoms with Crippen LogP contribution in [0.2, 0.25) is 0 Å². The van der Waals surface area contributed by atoms with E-state index in [4.69, 9.17) is 4.74 Å². The van der Waals surface area contributed by atoms with Crippen LogP contribution in [0.15, 0.2) is 76.8 Å². The minimum absolute atomic E-state index is 0.211. The minimum atomic E-state index is -3.54. The Bertz CT molecular complexity index is 1190. The third kappa shape index (κ3) is 4.32. The molecule has 0 bridgehead atoms. The maximum atomic E-state index is 13.0. The summed E-state index contributed by atoms with van der Waals surface area (Å²) in [6, 6.07) is 15.6. The van der Waals surface area contributed by atoms with Crippen LogP contribution in [-0.2, 0) is 21.0 Å². The molecule has 1 atom stereocenters. The summed E-state index contributed by atoms with van der Waals surface area (Å²) in [7, 11) is -2.19. The number of hydrogen-bond acceptors (Lipinski definition) is 6. The molecule has 0 saturated carbocycles. The Kier molecular flexibility index (Phi) is 6.04. The molecule has 0 unspecified atom stereocenters. The zero-order chi connectivity index (χ0) is 21.8. The van der Waals surface area contributed by atoms with Crippen LogP contribution >= 0.6 is 0 Å². The molecule has 0 fully saturated rings. The lowest BCUT2D eigenvalue weighted by molar-refractivity contribution is 0.0601. The second-order valence-corrected chi connectivity index (χ2v) is 9.51. The van der Waals surface area contributed by atoms with E-state index in [2.05, 4.69) is 10.3 Å². The molecule has 31 heavy (non-hydrogen) atoms. The lowest BCUT2D eigenvalue weighted by Gasteiger charge is -2.27. The predicted octanol–water partition coefficient (Wildman–Crippen LogP) is 4.23. The van der Waals surface area contributed by atoms with E-state index in [1.54, 1.807) is 54.9 Å². The summed E-state index contributed by atoms with van der Waals surface area (Å²) in [6.07, 6.45) is 5.99.